The van der Waals surface area contributed by atoms with E-state index in [4.69, 9.17) is 9.05 Å². The van der Waals surface area contributed by atoms with E-state index in [-0.39, 0.29) is 17.0 Å². The first-order chi connectivity index (χ1) is 13.8. The van der Waals surface area contributed by atoms with E-state index in [9.17, 15) is 9.59 Å². The van der Waals surface area contributed by atoms with Crippen LogP contribution in [0.15, 0.2) is 50.2 Å². The molecule has 0 bridgehead atoms. The minimum atomic E-state index is -0.604. The molecule has 0 aliphatic rings. The van der Waals surface area contributed by atoms with Crippen molar-refractivity contribution in [3.63, 3.8) is 0 Å². The number of amides is 1. The fraction of sp³-hybridized carbons (Fsp3) is 0.182. The number of anilines is 1. The number of aromatic nitrogens is 2. The van der Waals surface area contributed by atoms with Crippen LogP contribution in [0.4, 0.5) is 5.82 Å². The molecule has 0 saturated heterocycles. The zero-order chi connectivity index (χ0) is 20.7. The van der Waals surface area contributed by atoms with E-state index in [1.165, 1.54) is 6.07 Å². The zero-order valence-electron chi connectivity index (χ0n) is 16.5. The lowest BCUT2D eigenvalue weighted by molar-refractivity contribution is 0.0996. The summed E-state index contributed by atoms with van der Waals surface area (Å²) in [6, 6.07) is 10.6. The summed E-state index contributed by atoms with van der Waals surface area (Å²) in [6.07, 6.45) is 0. The Morgan fingerprint density at radius 1 is 0.966 bits per heavy atom. The van der Waals surface area contributed by atoms with Gasteiger partial charge in [0.1, 0.15) is 5.58 Å². The number of hydrogen-bond acceptors (Lipinski definition) is 6. The molecule has 0 fully saturated rings. The van der Waals surface area contributed by atoms with Gasteiger partial charge in [0.25, 0.3) is 5.91 Å². The summed E-state index contributed by atoms with van der Waals surface area (Å²) < 4.78 is 10.6. The van der Waals surface area contributed by atoms with Crippen LogP contribution in [0.1, 0.15) is 32.8 Å². The van der Waals surface area contributed by atoms with Gasteiger partial charge in [-0.25, -0.2) is 4.63 Å². The second kappa shape index (κ2) is 7.01. The molecule has 0 atom stereocenters. The van der Waals surface area contributed by atoms with Crippen LogP contribution in [0.2, 0.25) is 0 Å². The average Bonchev–Trinajstić information content (AvgIpc) is 3.14. The molecule has 0 aliphatic carbocycles. The highest BCUT2D eigenvalue weighted by Crippen LogP contribution is 2.29. The maximum Gasteiger partial charge on any atom is 0.292 e. The van der Waals surface area contributed by atoms with E-state index in [1.54, 1.807) is 6.07 Å². The molecular formula is C22H19N3O4. The number of benzene rings is 2. The van der Waals surface area contributed by atoms with Crippen molar-refractivity contribution >= 4 is 22.7 Å². The molecule has 7 heteroatoms. The highest BCUT2D eigenvalue weighted by molar-refractivity contribution is 6.04. The zero-order valence-corrected chi connectivity index (χ0v) is 16.5. The quantitative estimate of drug-likeness (QED) is 0.560. The monoisotopic (exact) mass is 389 g/mol. The third-order valence-corrected chi connectivity index (χ3v) is 5.01. The molecule has 0 unspecified atom stereocenters. The predicted molar refractivity (Wildman–Crippen MR) is 109 cm³/mol. The number of aryl methyl sites for hydroxylation is 4. The van der Waals surface area contributed by atoms with Gasteiger partial charge in [0.05, 0.1) is 5.39 Å². The Morgan fingerprint density at radius 3 is 2.52 bits per heavy atom. The Labute approximate surface area is 166 Å². The van der Waals surface area contributed by atoms with Gasteiger partial charge in [-0.15, -0.1) is 0 Å². The topological polar surface area (TPSA) is 98.2 Å². The van der Waals surface area contributed by atoms with Crippen LogP contribution in [-0.2, 0) is 0 Å². The first-order valence-corrected chi connectivity index (χ1v) is 9.10. The third-order valence-electron chi connectivity index (χ3n) is 5.01. The molecule has 0 radical (unpaired) electrons. The summed E-state index contributed by atoms with van der Waals surface area (Å²) >= 11 is 0. The molecule has 29 heavy (non-hydrogen) atoms. The Bertz CT molecular complexity index is 1320. The highest BCUT2D eigenvalue weighted by Gasteiger charge is 2.20. The summed E-state index contributed by atoms with van der Waals surface area (Å²) in [5.74, 6) is -0.550. The van der Waals surface area contributed by atoms with Crippen molar-refractivity contribution in [3.05, 3.63) is 74.6 Å². The fourth-order valence-corrected chi connectivity index (χ4v) is 3.17. The van der Waals surface area contributed by atoms with E-state index < -0.39 is 5.91 Å². The minimum Gasteiger partial charge on any atom is -0.450 e. The Kier molecular flexibility index (Phi) is 4.50. The molecule has 2 aromatic heterocycles. The summed E-state index contributed by atoms with van der Waals surface area (Å²) in [5, 5.41) is 10.8. The van der Waals surface area contributed by atoms with Crippen molar-refractivity contribution in [1.29, 1.82) is 0 Å². The van der Waals surface area contributed by atoms with Crippen molar-refractivity contribution in [3.8, 4) is 11.3 Å². The molecule has 0 saturated carbocycles. The molecule has 146 valence electrons. The normalized spacial score (nSPS) is 11.0. The maximum absolute atomic E-state index is 12.8. The number of hydrogen-bond donors (Lipinski definition) is 1. The molecule has 0 aliphatic heterocycles. The molecule has 1 amide bonds. The van der Waals surface area contributed by atoms with Crippen molar-refractivity contribution in [1.82, 2.24) is 10.3 Å². The van der Waals surface area contributed by atoms with Gasteiger partial charge >= 0.3 is 0 Å². The fourth-order valence-electron chi connectivity index (χ4n) is 3.17. The van der Waals surface area contributed by atoms with Gasteiger partial charge in [-0.3, -0.25) is 14.9 Å². The van der Waals surface area contributed by atoms with E-state index in [2.05, 4.69) is 15.6 Å². The van der Waals surface area contributed by atoms with Crippen LogP contribution in [0.25, 0.3) is 22.2 Å². The first kappa shape index (κ1) is 18.6. The number of nitrogens with one attached hydrogen (secondary N) is 1. The van der Waals surface area contributed by atoms with Crippen molar-refractivity contribution in [2.75, 3.05) is 5.32 Å². The molecule has 0 spiro atoms. The van der Waals surface area contributed by atoms with Gasteiger partial charge < -0.3 is 4.42 Å². The predicted octanol–water partition coefficient (Wildman–Crippen LogP) is 4.33. The van der Waals surface area contributed by atoms with Gasteiger partial charge in [0.2, 0.25) is 5.82 Å². The number of rotatable bonds is 3. The first-order valence-electron chi connectivity index (χ1n) is 9.10. The number of carbonyl (C=O) groups excluding carboxylic acids is 1. The Hall–Kier alpha value is -3.74. The largest absolute Gasteiger partial charge is 0.450 e. The lowest BCUT2D eigenvalue weighted by atomic mass is 10.0. The van der Waals surface area contributed by atoms with Gasteiger partial charge in [-0.1, -0.05) is 23.8 Å². The number of fused-ring (bicyclic) bond motifs is 1. The molecule has 2 heterocycles. The van der Waals surface area contributed by atoms with Gasteiger partial charge in [-0.05, 0) is 66.8 Å². The van der Waals surface area contributed by atoms with Crippen LogP contribution in [-0.4, -0.2) is 16.2 Å². The summed E-state index contributed by atoms with van der Waals surface area (Å²) in [4.78, 5) is 25.2. The summed E-state index contributed by atoms with van der Waals surface area (Å²) in [5.41, 5.74) is 5.11. The van der Waals surface area contributed by atoms with Crippen LogP contribution in [0.5, 0.6) is 0 Å². The van der Waals surface area contributed by atoms with Gasteiger partial charge in [0.15, 0.2) is 16.9 Å². The van der Waals surface area contributed by atoms with Gasteiger partial charge in [-0.2, -0.15) is 0 Å². The van der Waals surface area contributed by atoms with Crippen LogP contribution in [0.3, 0.4) is 0 Å². The van der Waals surface area contributed by atoms with E-state index in [1.807, 2.05) is 52.0 Å². The highest BCUT2D eigenvalue weighted by atomic mass is 16.6. The van der Waals surface area contributed by atoms with Gasteiger partial charge in [0, 0.05) is 11.6 Å². The Morgan fingerprint density at radius 2 is 1.72 bits per heavy atom. The lowest BCUT2D eigenvalue weighted by Gasteiger charge is -2.08. The molecular weight excluding hydrogens is 370 g/mol. The molecule has 4 rings (SSSR count). The van der Waals surface area contributed by atoms with E-state index in [0.29, 0.717) is 16.7 Å². The lowest BCUT2D eigenvalue weighted by Crippen LogP contribution is -2.16. The van der Waals surface area contributed by atoms with E-state index in [0.717, 1.165) is 27.8 Å². The maximum atomic E-state index is 12.8. The van der Waals surface area contributed by atoms with Crippen LogP contribution < -0.4 is 10.7 Å². The van der Waals surface area contributed by atoms with Crippen molar-refractivity contribution in [2.45, 2.75) is 27.7 Å². The SMILES string of the molecule is Cc1ccc(C)c(-c2nonc2NC(=O)c2cc(=O)c3ccc(C)c(C)c3o2)c1. The molecule has 2 aromatic carbocycles. The molecule has 1 N–H and O–H groups in total. The average molecular weight is 389 g/mol. The standard InChI is InChI=1S/C22H19N3O4/c1-11-5-6-13(3)16(9-11)19-21(25-29-24-19)23-22(27)18-10-17(26)15-8-7-12(2)14(4)20(15)28-18/h5-10H,1-4H3,(H,23,25,27). The van der Waals surface area contributed by atoms with Crippen LogP contribution >= 0.6 is 0 Å². The minimum absolute atomic E-state index is 0.105. The smallest absolute Gasteiger partial charge is 0.292 e. The third kappa shape index (κ3) is 3.31. The number of carbonyl (C=O) groups is 1. The van der Waals surface area contributed by atoms with Crippen molar-refractivity contribution in [2.24, 2.45) is 0 Å². The second-order valence-electron chi connectivity index (χ2n) is 7.09. The molecule has 7 nitrogen and oxygen atoms in total. The van der Waals surface area contributed by atoms with Crippen molar-refractivity contribution < 1.29 is 13.8 Å². The van der Waals surface area contributed by atoms with E-state index >= 15 is 0 Å². The molecule has 4 aromatic rings. The summed E-state index contributed by atoms with van der Waals surface area (Å²) in [6.45, 7) is 7.66. The second-order valence-corrected chi connectivity index (χ2v) is 7.09. The summed E-state index contributed by atoms with van der Waals surface area (Å²) in [7, 11) is 0. The Balaban J connectivity index is 1.73. The van der Waals surface area contributed by atoms with Crippen LogP contribution in [0, 0.1) is 27.7 Å². The number of nitrogens with zero attached hydrogens (tertiary/aromatic N) is 2.